The van der Waals surface area contributed by atoms with Crippen LogP contribution in [0.2, 0.25) is 0 Å². The normalized spacial score (nSPS) is 93.7. The van der Waals surface area contributed by atoms with Gasteiger partial charge in [0.05, 0.1) is 43.1 Å². The van der Waals surface area contributed by atoms with Crippen molar-refractivity contribution in [3.05, 3.63) is 0 Å². The molecule has 0 aromatic heterocycles. The Bertz CT molecular complexity index is 875. The Balaban J connectivity index is 2.89. The molecule has 5 unspecified atom stereocenters. The summed E-state index contributed by atoms with van der Waals surface area (Å²) < 4.78 is 121. The SMILES string of the molecule is [2H]C([2H])(O)C1([2H])O[C@@]([2H])(O[C@@]2([2H])OC([2H])(C([2H])([2H])O)[C@@]([2H])(O)[C@]([2H])(O)C2([2H])O)C([2H])(O)C([2H])(O)[C@]1([2H])C. The maximum Gasteiger partial charge on any atom is 0.189 e. The summed E-state index contributed by atoms with van der Waals surface area (Å²) in [6.45, 7) is -8.31. The van der Waals surface area contributed by atoms with Crippen LogP contribution >= 0.6 is 0 Å². The van der Waals surface area contributed by atoms with Gasteiger partial charge in [-0.2, -0.15) is 0 Å². The van der Waals surface area contributed by atoms with E-state index in [0.29, 0.717) is 0 Å². The second-order valence-electron chi connectivity index (χ2n) is 4.13. The van der Waals surface area contributed by atoms with Crippen LogP contribution in [-0.2, 0) is 14.2 Å². The average Bonchev–Trinajstić information content (AvgIpc) is 2.62. The molecule has 0 aromatic carbocycles. The summed E-state index contributed by atoms with van der Waals surface area (Å²) in [5.74, 6) is -3.64. The Hall–Kier alpha value is -0.400. The lowest BCUT2D eigenvalue weighted by Crippen LogP contribution is -2.62. The van der Waals surface area contributed by atoms with Crippen molar-refractivity contribution in [2.45, 2.75) is 62.0 Å². The molecule has 10 nitrogen and oxygen atoms in total. The minimum atomic E-state index is -4.75. The standard InChI is InChI=1S/C13H24O10/c1-4-5(2-14)21-12(10(19)7(4)16)23-13-11(20)9(18)8(17)6(3-15)22-13/h4-20H,2-3H2,1H3/t4-,5?,6?,7?,8-,9+,10?,11?,12+,13-/m1/s1/i2D2,3D2,4D,5D,6D,7D,8D,9D,10D,11D,12D,13D. The van der Waals surface area contributed by atoms with Gasteiger partial charge in [-0.05, 0) is 0 Å². The van der Waals surface area contributed by atoms with Crippen LogP contribution in [0.1, 0.15) is 26.1 Å². The Morgan fingerprint density at radius 2 is 1.30 bits per heavy atom. The van der Waals surface area contributed by atoms with Crippen molar-refractivity contribution in [2.24, 2.45) is 5.89 Å². The zero-order valence-corrected chi connectivity index (χ0v) is 11.4. The van der Waals surface area contributed by atoms with E-state index in [4.69, 9.17) is 19.2 Å². The fraction of sp³-hybridized carbons (Fsp3) is 1.00. The third-order valence-electron chi connectivity index (χ3n) is 2.75. The lowest BCUT2D eigenvalue weighted by Gasteiger charge is -2.45. The van der Waals surface area contributed by atoms with Crippen LogP contribution in [-0.4, -0.2) is 104 Å². The average molecular weight is 354 g/mol. The molecule has 0 aliphatic carbocycles. The molecule has 0 bridgehead atoms. The highest BCUT2D eigenvalue weighted by Crippen LogP contribution is 2.30. The smallest absolute Gasteiger partial charge is 0.189 e. The minimum absolute atomic E-state index is 0.284. The summed E-state index contributed by atoms with van der Waals surface area (Å²) in [6.07, 6.45) is -41.1. The molecule has 2 aliphatic heterocycles. The molecular weight excluding hydrogens is 316 g/mol. The van der Waals surface area contributed by atoms with E-state index >= 15 is 0 Å². The Labute approximate surface area is 152 Å². The molecule has 0 spiro atoms. The molecular formula is C13H24O10. The van der Waals surface area contributed by atoms with Crippen LogP contribution in [0.25, 0.3) is 0 Å². The van der Waals surface area contributed by atoms with Crippen molar-refractivity contribution < 1.29 is 69.1 Å². The molecule has 10 heteroatoms. The van der Waals surface area contributed by atoms with Crippen LogP contribution in [0, 0.1) is 5.89 Å². The molecule has 136 valence electrons. The Morgan fingerprint density at radius 3 is 1.83 bits per heavy atom. The van der Waals surface area contributed by atoms with Gasteiger partial charge in [-0.25, -0.2) is 0 Å². The molecule has 2 fully saturated rings. The van der Waals surface area contributed by atoms with Crippen molar-refractivity contribution in [2.75, 3.05) is 13.1 Å². The van der Waals surface area contributed by atoms with Gasteiger partial charge in [0.25, 0.3) is 0 Å². The highest BCUT2D eigenvalue weighted by Gasteiger charge is 2.48. The zero-order chi connectivity index (χ0) is 30.1. The van der Waals surface area contributed by atoms with Crippen molar-refractivity contribution >= 4 is 0 Å². The summed E-state index contributed by atoms with van der Waals surface area (Å²) in [4.78, 5) is 0. The topological polar surface area (TPSA) is 169 Å². The molecule has 0 amide bonds. The van der Waals surface area contributed by atoms with E-state index in [2.05, 4.69) is 14.2 Å². The highest BCUT2D eigenvalue weighted by molar-refractivity contribution is 4.91. The second-order valence-corrected chi connectivity index (χ2v) is 4.13. The fourth-order valence-corrected chi connectivity index (χ4v) is 1.51. The molecule has 2 saturated heterocycles. The Morgan fingerprint density at radius 1 is 0.826 bits per heavy atom. The molecule has 0 saturated carbocycles. The van der Waals surface area contributed by atoms with E-state index in [0.717, 1.165) is 0 Å². The van der Waals surface area contributed by atoms with Crippen LogP contribution in [0.5, 0.6) is 0 Å². The van der Waals surface area contributed by atoms with Gasteiger partial charge >= 0.3 is 0 Å². The lowest BCUT2D eigenvalue weighted by atomic mass is 9.91. The summed E-state index contributed by atoms with van der Waals surface area (Å²) in [5.41, 5.74) is 0. The van der Waals surface area contributed by atoms with E-state index in [1.165, 1.54) is 0 Å². The maximum absolute atomic E-state index is 10.5. The molecule has 2 rings (SSSR count). The predicted molar refractivity (Wildman–Crippen MR) is 71.8 cm³/mol. The van der Waals surface area contributed by atoms with Gasteiger partial charge in [0, 0.05) is 7.26 Å². The van der Waals surface area contributed by atoms with E-state index in [1.54, 1.807) is 0 Å². The van der Waals surface area contributed by atoms with E-state index in [1.807, 2.05) is 0 Å². The minimum Gasteiger partial charge on any atom is -0.394 e. The van der Waals surface area contributed by atoms with Gasteiger partial charge in [0.1, 0.15) is 30.4 Å². The van der Waals surface area contributed by atoms with Gasteiger partial charge in [-0.15, -0.1) is 0 Å². The van der Waals surface area contributed by atoms with Crippen molar-refractivity contribution in [3.63, 3.8) is 0 Å². The van der Waals surface area contributed by atoms with Gasteiger partial charge in [0.2, 0.25) is 0 Å². The number of aliphatic hydroxyl groups is 7. The van der Waals surface area contributed by atoms with Crippen molar-refractivity contribution in [3.8, 4) is 0 Å². The van der Waals surface area contributed by atoms with Crippen LogP contribution in [0.15, 0.2) is 0 Å². The molecule has 2 aliphatic rings. The van der Waals surface area contributed by atoms with Crippen molar-refractivity contribution in [1.29, 1.82) is 0 Å². The largest absolute Gasteiger partial charge is 0.394 e. The van der Waals surface area contributed by atoms with Crippen molar-refractivity contribution in [1.82, 2.24) is 0 Å². The van der Waals surface area contributed by atoms with E-state index in [-0.39, 0.29) is 6.92 Å². The number of hydrogen-bond donors (Lipinski definition) is 7. The summed E-state index contributed by atoms with van der Waals surface area (Å²) >= 11 is 0. The second kappa shape index (κ2) is 7.66. The molecule has 0 radical (unpaired) electrons. The number of rotatable bonds is 4. The molecule has 7 N–H and O–H groups in total. The number of hydrogen-bond acceptors (Lipinski definition) is 10. The van der Waals surface area contributed by atoms with E-state index < -0.39 is 74.1 Å². The first-order valence-electron chi connectivity index (χ1n) is 12.8. The highest BCUT2D eigenvalue weighted by atomic mass is 16.8. The van der Waals surface area contributed by atoms with E-state index in [9.17, 15) is 35.7 Å². The Kier molecular flexibility index (Phi) is 2.48. The first kappa shape index (κ1) is 7.46. The van der Waals surface area contributed by atoms with Gasteiger partial charge < -0.3 is 50.0 Å². The molecule has 0 aromatic rings. The van der Waals surface area contributed by atoms with Gasteiger partial charge in [-0.1, -0.05) is 6.92 Å². The van der Waals surface area contributed by atoms with Gasteiger partial charge in [0.15, 0.2) is 12.5 Å². The number of ether oxygens (including phenoxy) is 3. The van der Waals surface area contributed by atoms with Crippen LogP contribution in [0.4, 0.5) is 0 Å². The first-order chi connectivity index (χ1) is 15.6. The summed E-state index contributed by atoms with van der Waals surface area (Å²) in [5, 5.41) is 71.4. The summed E-state index contributed by atoms with van der Waals surface area (Å²) in [7, 11) is 0. The lowest BCUT2D eigenvalue weighted by molar-refractivity contribution is -0.372. The third kappa shape index (κ3) is 3.66. The first-order valence-corrected chi connectivity index (χ1v) is 5.79. The van der Waals surface area contributed by atoms with Crippen LogP contribution < -0.4 is 0 Å². The molecule has 23 heavy (non-hydrogen) atoms. The molecule has 10 atom stereocenters. The quantitative estimate of drug-likeness (QED) is 0.263. The molecule has 2 heterocycles. The third-order valence-corrected chi connectivity index (χ3v) is 2.75. The zero-order valence-electron chi connectivity index (χ0n) is 25.4. The van der Waals surface area contributed by atoms with Gasteiger partial charge in [-0.3, -0.25) is 0 Å². The predicted octanol–water partition coefficient (Wildman–Crippen LogP) is -4.12. The monoisotopic (exact) mass is 354 g/mol. The van der Waals surface area contributed by atoms with Crippen LogP contribution in [0.3, 0.4) is 0 Å². The fourth-order valence-electron chi connectivity index (χ4n) is 1.51. The summed E-state index contributed by atoms with van der Waals surface area (Å²) in [6, 6.07) is 0. The maximum atomic E-state index is 10.5.